The summed E-state index contributed by atoms with van der Waals surface area (Å²) >= 11 is -0.176. The van der Waals surface area contributed by atoms with Gasteiger partial charge in [0.2, 0.25) is 0 Å². The summed E-state index contributed by atoms with van der Waals surface area (Å²) in [7, 11) is 0. The number of carboxylic acids is 1. The number of rotatable bonds is 5. The number of carboxylic acid groups (broad SMARTS) is 1. The van der Waals surface area contributed by atoms with Crippen molar-refractivity contribution in [1.82, 2.24) is 5.32 Å². The highest BCUT2D eigenvalue weighted by Crippen LogP contribution is 2.36. The van der Waals surface area contributed by atoms with Crippen LogP contribution in [0.5, 0.6) is 0 Å². The molecule has 0 atom stereocenters. The minimum atomic E-state index is -4.29. The Kier molecular flexibility index (Phi) is 4.83. The van der Waals surface area contributed by atoms with Gasteiger partial charge in [0.05, 0.1) is 6.54 Å². The van der Waals surface area contributed by atoms with E-state index in [1.807, 2.05) is 0 Å². The lowest BCUT2D eigenvalue weighted by atomic mass is 10.2. The molecule has 0 spiro atoms. The van der Waals surface area contributed by atoms with Crippen molar-refractivity contribution in [3.8, 4) is 0 Å². The van der Waals surface area contributed by atoms with Crippen molar-refractivity contribution >= 4 is 17.7 Å². The van der Waals surface area contributed by atoms with Gasteiger partial charge < -0.3 is 10.4 Å². The number of alkyl halides is 3. The largest absolute Gasteiger partial charge is 0.480 e. The van der Waals surface area contributed by atoms with Gasteiger partial charge in [-0.05, 0) is 29.5 Å². The van der Waals surface area contributed by atoms with Crippen LogP contribution in [0.2, 0.25) is 0 Å². The summed E-state index contributed by atoms with van der Waals surface area (Å²) in [4.78, 5) is 10.3. The standard InChI is InChI=1S/C10H10F3NO2S/c11-10(12,13)17-8-3-1-7(2-4-8)5-14-6-9(15)16/h1-4,14H,5-6H2,(H,15,16). The highest BCUT2D eigenvalue weighted by molar-refractivity contribution is 8.00. The lowest BCUT2D eigenvalue weighted by Gasteiger charge is -2.06. The molecule has 0 bridgehead atoms. The van der Waals surface area contributed by atoms with Crippen LogP contribution >= 0.6 is 11.8 Å². The Balaban J connectivity index is 2.47. The molecule has 1 rings (SSSR count). The first kappa shape index (κ1) is 13.9. The van der Waals surface area contributed by atoms with E-state index in [9.17, 15) is 18.0 Å². The zero-order chi connectivity index (χ0) is 12.9. The molecule has 0 fully saturated rings. The van der Waals surface area contributed by atoms with Gasteiger partial charge in [0, 0.05) is 11.4 Å². The summed E-state index contributed by atoms with van der Waals surface area (Å²) in [5.74, 6) is -0.978. The fourth-order valence-electron chi connectivity index (χ4n) is 1.12. The van der Waals surface area contributed by atoms with E-state index < -0.39 is 11.5 Å². The van der Waals surface area contributed by atoms with Crippen LogP contribution in [0.4, 0.5) is 13.2 Å². The zero-order valence-corrected chi connectivity index (χ0v) is 9.44. The van der Waals surface area contributed by atoms with E-state index in [-0.39, 0.29) is 23.2 Å². The van der Waals surface area contributed by atoms with Gasteiger partial charge in [-0.15, -0.1) is 0 Å². The Labute approximate surface area is 100 Å². The van der Waals surface area contributed by atoms with E-state index in [2.05, 4.69) is 5.32 Å². The predicted molar refractivity (Wildman–Crippen MR) is 57.7 cm³/mol. The Bertz CT molecular complexity index is 378. The van der Waals surface area contributed by atoms with E-state index >= 15 is 0 Å². The van der Waals surface area contributed by atoms with E-state index in [1.54, 1.807) is 0 Å². The van der Waals surface area contributed by atoms with E-state index in [0.717, 1.165) is 5.56 Å². The number of hydrogen-bond acceptors (Lipinski definition) is 3. The van der Waals surface area contributed by atoms with Gasteiger partial charge in [0.15, 0.2) is 0 Å². The van der Waals surface area contributed by atoms with Gasteiger partial charge in [-0.3, -0.25) is 4.79 Å². The molecule has 0 aromatic heterocycles. The molecular formula is C10H10F3NO2S. The van der Waals surface area contributed by atoms with Gasteiger partial charge in [-0.2, -0.15) is 13.2 Å². The monoisotopic (exact) mass is 265 g/mol. The molecule has 94 valence electrons. The van der Waals surface area contributed by atoms with Crippen molar-refractivity contribution in [3.63, 3.8) is 0 Å². The van der Waals surface area contributed by atoms with Gasteiger partial charge in [0.25, 0.3) is 0 Å². The second kappa shape index (κ2) is 5.92. The Morgan fingerprint density at radius 1 is 1.29 bits per heavy atom. The molecule has 1 aromatic rings. The maximum Gasteiger partial charge on any atom is 0.446 e. The van der Waals surface area contributed by atoms with Crippen LogP contribution in [0.3, 0.4) is 0 Å². The molecule has 7 heteroatoms. The minimum absolute atomic E-state index is 0.111. The van der Waals surface area contributed by atoms with Gasteiger partial charge in [-0.25, -0.2) is 0 Å². The third-order valence-corrected chi connectivity index (χ3v) is 2.50. The molecule has 0 aliphatic heterocycles. The number of hydrogen-bond donors (Lipinski definition) is 2. The average molecular weight is 265 g/mol. The molecule has 0 amide bonds. The van der Waals surface area contributed by atoms with Crippen LogP contribution in [0.1, 0.15) is 5.56 Å². The van der Waals surface area contributed by atoms with Crippen molar-refractivity contribution in [3.05, 3.63) is 29.8 Å². The first-order valence-electron chi connectivity index (χ1n) is 4.64. The minimum Gasteiger partial charge on any atom is -0.480 e. The van der Waals surface area contributed by atoms with E-state index in [1.165, 1.54) is 24.3 Å². The SMILES string of the molecule is O=C(O)CNCc1ccc(SC(F)(F)F)cc1. The number of halogens is 3. The normalized spacial score (nSPS) is 11.5. The van der Waals surface area contributed by atoms with Crippen molar-refractivity contribution < 1.29 is 23.1 Å². The number of carbonyl (C=O) groups is 1. The molecule has 17 heavy (non-hydrogen) atoms. The molecule has 0 radical (unpaired) electrons. The van der Waals surface area contributed by atoms with Gasteiger partial charge in [-0.1, -0.05) is 12.1 Å². The summed E-state index contributed by atoms with van der Waals surface area (Å²) < 4.78 is 36.1. The maximum atomic E-state index is 12.0. The lowest BCUT2D eigenvalue weighted by molar-refractivity contribution is -0.136. The maximum absolute atomic E-state index is 12.0. The molecule has 0 unspecified atom stereocenters. The predicted octanol–water partition coefficient (Wildman–Crippen LogP) is 2.47. The molecule has 0 saturated carbocycles. The van der Waals surface area contributed by atoms with Gasteiger partial charge in [0.1, 0.15) is 0 Å². The molecule has 0 saturated heterocycles. The summed E-state index contributed by atoms with van der Waals surface area (Å²) in [6.45, 7) is 0.127. The Morgan fingerprint density at radius 2 is 1.88 bits per heavy atom. The highest BCUT2D eigenvalue weighted by Gasteiger charge is 2.28. The summed E-state index contributed by atoms with van der Waals surface area (Å²) in [5.41, 5.74) is -3.55. The van der Waals surface area contributed by atoms with E-state index in [4.69, 9.17) is 5.11 Å². The molecule has 0 aliphatic carbocycles. The number of thioether (sulfide) groups is 1. The fourth-order valence-corrected chi connectivity index (χ4v) is 1.66. The fraction of sp³-hybridized carbons (Fsp3) is 0.300. The smallest absolute Gasteiger partial charge is 0.446 e. The highest BCUT2D eigenvalue weighted by atomic mass is 32.2. The second-order valence-electron chi connectivity index (χ2n) is 3.19. The van der Waals surface area contributed by atoms with Gasteiger partial charge >= 0.3 is 11.5 Å². The molecule has 0 aliphatic rings. The Morgan fingerprint density at radius 3 is 2.35 bits per heavy atom. The topological polar surface area (TPSA) is 49.3 Å². The van der Waals surface area contributed by atoms with Crippen LogP contribution in [0.15, 0.2) is 29.2 Å². The van der Waals surface area contributed by atoms with Crippen LogP contribution < -0.4 is 5.32 Å². The number of nitrogens with one attached hydrogen (secondary N) is 1. The van der Waals surface area contributed by atoms with Crippen molar-refractivity contribution in [1.29, 1.82) is 0 Å². The van der Waals surface area contributed by atoms with Crippen molar-refractivity contribution in [2.24, 2.45) is 0 Å². The molecule has 3 nitrogen and oxygen atoms in total. The second-order valence-corrected chi connectivity index (χ2v) is 4.33. The molecule has 1 aromatic carbocycles. The summed E-state index contributed by atoms with van der Waals surface area (Å²) in [6, 6.07) is 5.78. The van der Waals surface area contributed by atoms with Crippen LogP contribution in [0.25, 0.3) is 0 Å². The number of benzene rings is 1. The lowest BCUT2D eigenvalue weighted by Crippen LogP contribution is -2.21. The third-order valence-electron chi connectivity index (χ3n) is 1.76. The van der Waals surface area contributed by atoms with Crippen LogP contribution in [-0.4, -0.2) is 23.1 Å². The summed E-state index contributed by atoms with van der Waals surface area (Å²) in [5, 5.41) is 11.0. The Hall–Kier alpha value is -1.21. The number of aliphatic carboxylic acids is 1. The molecule has 2 N–H and O–H groups in total. The summed E-state index contributed by atoms with van der Waals surface area (Å²) in [6.07, 6.45) is 0. The third kappa shape index (κ3) is 6.18. The molecule has 0 heterocycles. The zero-order valence-electron chi connectivity index (χ0n) is 8.62. The van der Waals surface area contributed by atoms with E-state index in [0.29, 0.717) is 6.54 Å². The van der Waals surface area contributed by atoms with Crippen LogP contribution in [-0.2, 0) is 11.3 Å². The first-order chi connectivity index (χ1) is 7.87. The average Bonchev–Trinajstić information content (AvgIpc) is 2.18. The van der Waals surface area contributed by atoms with Crippen LogP contribution in [0, 0.1) is 0 Å². The quantitative estimate of drug-likeness (QED) is 0.803. The molecular weight excluding hydrogens is 255 g/mol. The van der Waals surface area contributed by atoms with Crippen molar-refractivity contribution in [2.45, 2.75) is 16.9 Å². The first-order valence-corrected chi connectivity index (χ1v) is 5.46. The van der Waals surface area contributed by atoms with Crippen molar-refractivity contribution in [2.75, 3.05) is 6.54 Å².